The zero-order chi connectivity index (χ0) is 14.0. The van der Waals surface area contributed by atoms with E-state index in [1.54, 1.807) is 0 Å². The summed E-state index contributed by atoms with van der Waals surface area (Å²) in [6.07, 6.45) is 5.00. The van der Waals surface area contributed by atoms with E-state index in [0.717, 1.165) is 23.8 Å². The molecule has 1 saturated heterocycles. The zero-order valence-corrected chi connectivity index (χ0v) is 12.6. The van der Waals surface area contributed by atoms with Crippen molar-refractivity contribution < 1.29 is 0 Å². The molecule has 1 atom stereocenters. The van der Waals surface area contributed by atoms with Gasteiger partial charge in [0, 0.05) is 24.1 Å². The summed E-state index contributed by atoms with van der Waals surface area (Å²) in [4.78, 5) is 11.7. The molecule has 1 fully saturated rings. The molecule has 2 rings (SSSR count). The first kappa shape index (κ1) is 14.1. The van der Waals surface area contributed by atoms with Crippen LogP contribution in [0, 0.1) is 6.92 Å². The summed E-state index contributed by atoms with van der Waals surface area (Å²) in [5.41, 5.74) is 7.11. The van der Waals surface area contributed by atoms with E-state index in [4.69, 9.17) is 10.7 Å². The molecule has 0 radical (unpaired) electrons. The lowest BCUT2D eigenvalue weighted by Crippen LogP contribution is -2.40. The number of nitrogens with two attached hydrogens (primary N) is 1. The first-order chi connectivity index (χ1) is 9.04. The summed E-state index contributed by atoms with van der Waals surface area (Å²) < 4.78 is 0. The maximum Gasteiger partial charge on any atom is 0.137 e. The highest BCUT2D eigenvalue weighted by Gasteiger charge is 2.25. The van der Waals surface area contributed by atoms with Crippen LogP contribution in [-0.4, -0.2) is 22.6 Å². The van der Waals surface area contributed by atoms with Gasteiger partial charge in [0.1, 0.15) is 17.5 Å². The van der Waals surface area contributed by atoms with Crippen LogP contribution in [0.2, 0.25) is 0 Å². The molecule has 0 aliphatic carbocycles. The maximum absolute atomic E-state index is 6.08. The molecule has 0 aromatic carbocycles. The first-order valence-electron chi connectivity index (χ1n) is 7.45. The lowest BCUT2D eigenvalue weighted by molar-refractivity contribution is 0.445. The van der Waals surface area contributed by atoms with E-state index >= 15 is 0 Å². The van der Waals surface area contributed by atoms with Crippen LogP contribution >= 0.6 is 0 Å². The Morgan fingerprint density at radius 2 is 2.05 bits per heavy atom. The number of aromatic nitrogens is 2. The third kappa shape index (κ3) is 2.82. The van der Waals surface area contributed by atoms with E-state index < -0.39 is 0 Å². The van der Waals surface area contributed by atoms with Gasteiger partial charge in [-0.1, -0.05) is 20.8 Å². The fourth-order valence-corrected chi connectivity index (χ4v) is 2.78. The summed E-state index contributed by atoms with van der Waals surface area (Å²) in [5.74, 6) is 2.86. The van der Waals surface area contributed by atoms with E-state index in [9.17, 15) is 0 Å². The topological polar surface area (TPSA) is 55.0 Å². The third-order valence-electron chi connectivity index (χ3n) is 4.06. The quantitative estimate of drug-likeness (QED) is 0.908. The summed E-state index contributed by atoms with van der Waals surface area (Å²) in [5, 5.41) is 0. The predicted molar refractivity (Wildman–Crippen MR) is 80.5 cm³/mol. The van der Waals surface area contributed by atoms with Gasteiger partial charge < -0.3 is 10.6 Å². The van der Waals surface area contributed by atoms with Gasteiger partial charge in [-0.05, 0) is 32.6 Å². The van der Waals surface area contributed by atoms with Crippen LogP contribution in [-0.2, 0) is 0 Å². The van der Waals surface area contributed by atoms with Crippen LogP contribution in [0.3, 0.4) is 0 Å². The molecule has 1 aliphatic rings. The highest BCUT2D eigenvalue weighted by atomic mass is 15.2. The van der Waals surface area contributed by atoms with Crippen molar-refractivity contribution >= 4 is 11.6 Å². The number of piperidine rings is 1. The van der Waals surface area contributed by atoms with Gasteiger partial charge >= 0.3 is 0 Å². The summed E-state index contributed by atoms with van der Waals surface area (Å²) in [7, 11) is 0. The smallest absolute Gasteiger partial charge is 0.137 e. The van der Waals surface area contributed by atoms with Gasteiger partial charge in [0.2, 0.25) is 0 Å². The zero-order valence-electron chi connectivity index (χ0n) is 12.6. The normalized spacial score (nSPS) is 20.1. The Balaban J connectivity index is 2.41. The Kier molecular flexibility index (Phi) is 4.27. The van der Waals surface area contributed by atoms with Crippen molar-refractivity contribution in [3.05, 3.63) is 11.4 Å². The first-order valence-corrected chi connectivity index (χ1v) is 7.45. The highest BCUT2D eigenvalue weighted by molar-refractivity contribution is 5.57. The van der Waals surface area contributed by atoms with Crippen LogP contribution in [0.25, 0.3) is 0 Å². The average Bonchev–Trinajstić information content (AvgIpc) is 2.41. The Morgan fingerprint density at radius 1 is 1.32 bits per heavy atom. The summed E-state index contributed by atoms with van der Waals surface area (Å²) >= 11 is 0. The molecule has 2 N–H and O–H groups in total. The second kappa shape index (κ2) is 5.76. The number of nitrogens with zero attached hydrogens (tertiary/aromatic N) is 3. The van der Waals surface area contributed by atoms with Crippen molar-refractivity contribution in [3.63, 3.8) is 0 Å². The van der Waals surface area contributed by atoms with Crippen LogP contribution in [0.5, 0.6) is 0 Å². The van der Waals surface area contributed by atoms with Crippen molar-refractivity contribution in [3.8, 4) is 0 Å². The molecule has 0 saturated carbocycles. The van der Waals surface area contributed by atoms with E-state index in [0.29, 0.717) is 17.8 Å². The summed E-state index contributed by atoms with van der Waals surface area (Å²) in [6, 6.07) is 0.599. The average molecular weight is 262 g/mol. The number of anilines is 2. The molecular weight excluding hydrogens is 236 g/mol. The van der Waals surface area contributed by atoms with E-state index in [-0.39, 0.29) is 0 Å². The lowest BCUT2D eigenvalue weighted by Gasteiger charge is -2.37. The summed E-state index contributed by atoms with van der Waals surface area (Å²) in [6.45, 7) is 9.61. The molecule has 1 aromatic rings. The minimum absolute atomic E-state index is 0.312. The van der Waals surface area contributed by atoms with Crippen LogP contribution < -0.4 is 10.6 Å². The molecule has 106 valence electrons. The van der Waals surface area contributed by atoms with Crippen molar-refractivity contribution in [2.45, 2.75) is 65.3 Å². The minimum Gasteiger partial charge on any atom is -0.383 e. The van der Waals surface area contributed by atoms with E-state index in [1.807, 2.05) is 6.92 Å². The van der Waals surface area contributed by atoms with Crippen molar-refractivity contribution in [1.29, 1.82) is 0 Å². The largest absolute Gasteiger partial charge is 0.383 e. The highest BCUT2D eigenvalue weighted by Crippen LogP contribution is 2.30. The SMILES string of the molecule is CCC1CCCCN1c1nc(C(C)C)nc(N)c1C. The second-order valence-corrected chi connectivity index (χ2v) is 5.82. The fraction of sp³-hybridized carbons (Fsp3) is 0.733. The Bertz CT molecular complexity index is 442. The Hall–Kier alpha value is -1.32. The molecular formula is C15H26N4. The third-order valence-corrected chi connectivity index (χ3v) is 4.06. The number of hydrogen-bond donors (Lipinski definition) is 1. The van der Waals surface area contributed by atoms with Gasteiger partial charge in [0.05, 0.1) is 0 Å². The second-order valence-electron chi connectivity index (χ2n) is 5.82. The van der Waals surface area contributed by atoms with E-state index in [2.05, 4.69) is 30.7 Å². The molecule has 4 heteroatoms. The standard InChI is InChI=1S/C15H26N4/c1-5-12-8-6-7-9-19(12)15-11(4)13(16)17-14(18-15)10(2)3/h10,12H,5-9H2,1-4H3,(H2,16,17,18). The molecule has 1 aliphatic heterocycles. The molecule has 0 bridgehead atoms. The van der Waals surface area contributed by atoms with Crippen LogP contribution in [0.1, 0.15) is 63.8 Å². The van der Waals surface area contributed by atoms with Gasteiger partial charge in [-0.2, -0.15) is 0 Å². The van der Waals surface area contributed by atoms with Crippen molar-refractivity contribution in [2.75, 3.05) is 17.2 Å². The van der Waals surface area contributed by atoms with Gasteiger partial charge in [-0.3, -0.25) is 0 Å². The van der Waals surface area contributed by atoms with Gasteiger partial charge in [-0.15, -0.1) is 0 Å². The van der Waals surface area contributed by atoms with E-state index in [1.165, 1.54) is 25.7 Å². The molecule has 4 nitrogen and oxygen atoms in total. The number of rotatable bonds is 3. The lowest BCUT2D eigenvalue weighted by atomic mass is 9.99. The molecule has 19 heavy (non-hydrogen) atoms. The van der Waals surface area contributed by atoms with Crippen LogP contribution in [0.4, 0.5) is 11.6 Å². The molecule has 0 amide bonds. The number of nitrogen functional groups attached to an aromatic ring is 1. The Morgan fingerprint density at radius 3 is 2.68 bits per heavy atom. The molecule has 2 heterocycles. The monoisotopic (exact) mass is 262 g/mol. The van der Waals surface area contributed by atoms with Gasteiger partial charge in [0.25, 0.3) is 0 Å². The fourth-order valence-electron chi connectivity index (χ4n) is 2.78. The molecule has 0 spiro atoms. The van der Waals surface area contributed by atoms with Crippen molar-refractivity contribution in [2.24, 2.45) is 0 Å². The number of hydrogen-bond acceptors (Lipinski definition) is 4. The van der Waals surface area contributed by atoms with Gasteiger partial charge in [-0.25, -0.2) is 9.97 Å². The Labute approximate surface area is 116 Å². The maximum atomic E-state index is 6.08. The molecule has 1 unspecified atom stereocenters. The minimum atomic E-state index is 0.312. The van der Waals surface area contributed by atoms with Gasteiger partial charge in [0.15, 0.2) is 0 Å². The predicted octanol–water partition coefficient (Wildman–Crippen LogP) is 3.26. The molecule has 1 aromatic heterocycles. The van der Waals surface area contributed by atoms with Crippen molar-refractivity contribution in [1.82, 2.24) is 9.97 Å². The van der Waals surface area contributed by atoms with Crippen LogP contribution in [0.15, 0.2) is 0 Å².